The van der Waals surface area contributed by atoms with Crippen molar-refractivity contribution >= 4 is 18.4 Å². The van der Waals surface area contributed by atoms with Crippen LogP contribution in [-0.4, -0.2) is 60.2 Å². The lowest BCUT2D eigenvalue weighted by atomic mass is 9.72. The van der Waals surface area contributed by atoms with E-state index in [0.717, 1.165) is 37.1 Å². The van der Waals surface area contributed by atoms with Gasteiger partial charge in [-0.1, -0.05) is 0 Å². The lowest BCUT2D eigenvalue weighted by Crippen LogP contribution is -2.50. The standard InChI is InChI=1S/C20H23N7O3.ClH/c28-20(29)17-9-13-8-15(4-2-12(13)11-21-17)30-18-10-14(27-7-1-6-22-27)3-5-16(18)19-23-25-26-24-19;/h1,3,5-7,10,12-13,15,17,21H,2,4,8-9,11H2,(H,28,29)(H,23,24,25,26);1H. The number of halogens is 1. The number of ether oxygens (including phenoxy) is 1. The van der Waals surface area contributed by atoms with Crippen LogP contribution in [0, 0.1) is 11.8 Å². The van der Waals surface area contributed by atoms with Gasteiger partial charge in [0.25, 0.3) is 0 Å². The summed E-state index contributed by atoms with van der Waals surface area (Å²) in [4.78, 5) is 11.4. The van der Waals surface area contributed by atoms with Crippen molar-refractivity contribution in [2.75, 3.05) is 6.54 Å². The van der Waals surface area contributed by atoms with Gasteiger partial charge in [-0.05, 0) is 67.5 Å². The third-order valence-electron chi connectivity index (χ3n) is 6.17. The SMILES string of the molecule is Cl.O=C(O)C1CC2CC(Oc3cc(-n4cccn4)ccc3-c3nn[nH]n3)CCC2CN1. The van der Waals surface area contributed by atoms with Gasteiger partial charge >= 0.3 is 5.97 Å². The van der Waals surface area contributed by atoms with E-state index in [1.807, 2.05) is 30.5 Å². The zero-order valence-electron chi connectivity index (χ0n) is 16.7. The second kappa shape index (κ2) is 9.03. The number of tetrazole rings is 1. The first-order valence-electron chi connectivity index (χ1n) is 10.2. The molecule has 1 aliphatic carbocycles. The van der Waals surface area contributed by atoms with E-state index >= 15 is 0 Å². The Hall–Kier alpha value is -2.98. The summed E-state index contributed by atoms with van der Waals surface area (Å²) in [5.74, 6) is 1.22. The molecule has 10 nitrogen and oxygen atoms in total. The number of H-pyrrole nitrogens is 1. The number of aromatic nitrogens is 6. The quantitative estimate of drug-likeness (QED) is 0.544. The van der Waals surface area contributed by atoms with Crippen molar-refractivity contribution in [1.29, 1.82) is 0 Å². The van der Waals surface area contributed by atoms with Gasteiger partial charge in [0.1, 0.15) is 11.8 Å². The fourth-order valence-corrected chi connectivity index (χ4v) is 4.63. The maximum atomic E-state index is 11.4. The number of carboxylic acid groups (broad SMARTS) is 1. The molecule has 1 aliphatic heterocycles. The number of hydrogen-bond acceptors (Lipinski definition) is 7. The van der Waals surface area contributed by atoms with E-state index in [0.29, 0.717) is 29.8 Å². The number of benzene rings is 1. The number of carboxylic acids is 1. The van der Waals surface area contributed by atoms with Gasteiger partial charge in [0.2, 0.25) is 5.82 Å². The summed E-state index contributed by atoms with van der Waals surface area (Å²) >= 11 is 0. The average molecular weight is 446 g/mol. The van der Waals surface area contributed by atoms with Gasteiger partial charge in [0.05, 0.1) is 17.4 Å². The van der Waals surface area contributed by atoms with Gasteiger partial charge in [-0.15, -0.1) is 22.6 Å². The van der Waals surface area contributed by atoms with E-state index in [2.05, 4.69) is 31.0 Å². The summed E-state index contributed by atoms with van der Waals surface area (Å²) in [5, 5.41) is 31.2. The maximum absolute atomic E-state index is 11.4. The number of nitrogens with zero attached hydrogens (tertiary/aromatic N) is 5. The number of hydrogen-bond donors (Lipinski definition) is 3. The molecular formula is C20H24ClN7O3. The minimum atomic E-state index is -0.775. The van der Waals surface area contributed by atoms with Gasteiger partial charge in [0, 0.05) is 18.5 Å². The van der Waals surface area contributed by atoms with Crippen molar-refractivity contribution in [2.24, 2.45) is 11.8 Å². The molecule has 0 spiro atoms. The molecule has 31 heavy (non-hydrogen) atoms. The number of piperidine rings is 1. The van der Waals surface area contributed by atoms with Crippen molar-refractivity contribution in [3.8, 4) is 22.8 Å². The van der Waals surface area contributed by atoms with Crippen LogP contribution >= 0.6 is 12.4 Å². The molecule has 2 aromatic heterocycles. The monoisotopic (exact) mass is 445 g/mol. The molecule has 0 radical (unpaired) electrons. The van der Waals surface area contributed by atoms with Crippen LogP contribution in [0.2, 0.25) is 0 Å². The highest BCUT2D eigenvalue weighted by Gasteiger charge is 2.38. The molecule has 0 amide bonds. The molecule has 3 N–H and O–H groups in total. The molecule has 2 aliphatic rings. The Morgan fingerprint density at radius 3 is 2.87 bits per heavy atom. The Bertz CT molecular complexity index is 1010. The zero-order valence-corrected chi connectivity index (χ0v) is 17.5. The molecule has 11 heteroatoms. The largest absolute Gasteiger partial charge is 0.490 e. The predicted molar refractivity (Wildman–Crippen MR) is 113 cm³/mol. The molecule has 1 saturated carbocycles. The minimum Gasteiger partial charge on any atom is -0.490 e. The number of carbonyl (C=O) groups is 1. The molecule has 4 unspecified atom stereocenters. The number of rotatable bonds is 5. The first kappa shape index (κ1) is 21.3. The number of aliphatic carboxylic acids is 1. The van der Waals surface area contributed by atoms with Gasteiger partial charge in [-0.2, -0.15) is 10.3 Å². The molecular weight excluding hydrogens is 422 g/mol. The highest BCUT2D eigenvalue weighted by atomic mass is 35.5. The van der Waals surface area contributed by atoms with E-state index in [-0.39, 0.29) is 18.5 Å². The molecule has 1 aromatic carbocycles. The summed E-state index contributed by atoms with van der Waals surface area (Å²) in [6.07, 6.45) is 7.05. The Morgan fingerprint density at radius 1 is 1.23 bits per heavy atom. The van der Waals surface area contributed by atoms with E-state index in [9.17, 15) is 9.90 Å². The van der Waals surface area contributed by atoms with Crippen LogP contribution in [0.25, 0.3) is 17.1 Å². The first-order valence-corrected chi connectivity index (χ1v) is 10.2. The molecule has 0 bridgehead atoms. The third-order valence-corrected chi connectivity index (χ3v) is 6.17. The van der Waals surface area contributed by atoms with Crippen molar-refractivity contribution in [2.45, 2.75) is 37.8 Å². The highest BCUT2D eigenvalue weighted by molar-refractivity contribution is 5.85. The number of nitrogens with one attached hydrogen (secondary N) is 2. The van der Waals surface area contributed by atoms with Crippen LogP contribution < -0.4 is 10.1 Å². The second-order valence-corrected chi connectivity index (χ2v) is 7.97. The van der Waals surface area contributed by atoms with Crippen LogP contribution in [0.3, 0.4) is 0 Å². The topological polar surface area (TPSA) is 131 Å². The van der Waals surface area contributed by atoms with Crippen LogP contribution in [0.15, 0.2) is 36.7 Å². The smallest absolute Gasteiger partial charge is 0.320 e. The van der Waals surface area contributed by atoms with E-state index < -0.39 is 12.0 Å². The number of fused-ring (bicyclic) bond motifs is 1. The van der Waals surface area contributed by atoms with Crippen LogP contribution in [0.1, 0.15) is 25.7 Å². The van der Waals surface area contributed by atoms with Gasteiger partial charge < -0.3 is 15.2 Å². The fourth-order valence-electron chi connectivity index (χ4n) is 4.63. The van der Waals surface area contributed by atoms with Crippen LogP contribution in [0.4, 0.5) is 0 Å². The van der Waals surface area contributed by atoms with Gasteiger partial charge in [-0.25, -0.2) is 4.68 Å². The summed E-state index contributed by atoms with van der Waals surface area (Å²) in [6.45, 7) is 0.761. The minimum absolute atomic E-state index is 0. The normalized spacial score (nSPS) is 25.3. The van der Waals surface area contributed by atoms with Crippen molar-refractivity contribution in [1.82, 2.24) is 35.7 Å². The molecule has 2 fully saturated rings. The maximum Gasteiger partial charge on any atom is 0.320 e. The highest BCUT2D eigenvalue weighted by Crippen LogP contribution is 2.39. The van der Waals surface area contributed by atoms with Crippen molar-refractivity contribution in [3.05, 3.63) is 36.7 Å². The first-order chi connectivity index (χ1) is 14.7. The number of aromatic amines is 1. The predicted octanol–water partition coefficient (Wildman–Crippen LogP) is 2.08. The lowest BCUT2D eigenvalue weighted by Gasteiger charge is -2.41. The van der Waals surface area contributed by atoms with E-state index in [1.165, 1.54) is 0 Å². The summed E-state index contributed by atoms with van der Waals surface area (Å²) in [5.41, 5.74) is 1.64. The van der Waals surface area contributed by atoms with Crippen LogP contribution in [-0.2, 0) is 4.79 Å². The summed E-state index contributed by atoms with van der Waals surface area (Å²) in [6, 6.07) is 7.18. The second-order valence-electron chi connectivity index (χ2n) is 7.97. The van der Waals surface area contributed by atoms with E-state index in [4.69, 9.17) is 4.74 Å². The Kier molecular flexibility index (Phi) is 6.19. The zero-order chi connectivity index (χ0) is 20.5. The molecule has 5 rings (SSSR count). The fraction of sp³-hybridized carbons (Fsp3) is 0.450. The summed E-state index contributed by atoms with van der Waals surface area (Å²) < 4.78 is 8.23. The molecule has 3 aromatic rings. The average Bonchev–Trinajstić information content (AvgIpc) is 3.47. The molecule has 4 atom stereocenters. The lowest BCUT2D eigenvalue weighted by molar-refractivity contribution is -0.141. The third kappa shape index (κ3) is 4.40. The van der Waals surface area contributed by atoms with Crippen molar-refractivity contribution < 1.29 is 14.6 Å². The van der Waals surface area contributed by atoms with Crippen molar-refractivity contribution in [3.63, 3.8) is 0 Å². The van der Waals surface area contributed by atoms with Gasteiger partial charge in [-0.3, -0.25) is 4.79 Å². The Morgan fingerprint density at radius 2 is 2.13 bits per heavy atom. The molecule has 164 valence electrons. The van der Waals surface area contributed by atoms with E-state index in [1.54, 1.807) is 10.9 Å². The Labute approximate surface area is 184 Å². The molecule has 1 saturated heterocycles. The van der Waals surface area contributed by atoms with Crippen LogP contribution in [0.5, 0.6) is 5.75 Å². The van der Waals surface area contributed by atoms with Gasteiger partial charge in [0.15, 0.2) is 0 Å². The Balaban J connectivity index is 0.00000231. The summed E-state index contributed by atoms with van der Waals surface area (Å²) in [7, 11) is 0. The molecule has 3 heterocycles.